The predicted octanol–water partition coefficient (Wildman–Crippen LogP) is 7.43. The molecule has 0 aromatic heterocycles. The molecule has 0 spiro atoms. The van der Waals surface area contributed by atoms with E-state index < -0.39 is 11.7 Å². The second-order valence-corrected chi connectivity index (χ2v) is 10.9. The molecule has 9 heteroatoms. The fourth-order valence-electron chi connectivity index (χ4n) is 5.64. The number of hydrogen-bond donors (Lipinski definition) is 3. The van der Waals surface area contributed by atoms with Gasteiger partial charge in [0, 0.05) is 41.2 Å². The molecule has 0 radical (unpaired) electrons. The van der Waals surface area contributed by atoms with Crippen LogP contribution in [0.25, 0.3) is 0 Å². The second-order valence-electron chi connectivity index (χ2n) is 10.9. The maximum atomic E-state index is 13.3. The first-order valence-electron chi connectivity index (χ1n) is 14.2. The molecule has 1 saturated heterocycles. The number of fused-ring (bicyclic) bond motifs is 1. The van der Waals surface area contributed by atoms with Crippen molar-refractivity contribution in [2.45, 2.75) is 51.6 Å². The third-order valence-corrected chi connectivity index (χ3v) is 7.70. The smallest absolute Gasteiger partial charge is 0.385 e. The minimum Gasteiger partial charge on any atom is -0.385 e. The van der Waals surface area contributed by atoms with Crippen molar-refractivity contribution < 1.29 is 22.8 Å². The zero-order valence-electron chi connectivity index (χ0n) is 23.2. The summed E-state index contributed by atoms with van der Waals surface area (Å²) in [7, 11) is 0. The normalized spacial score (nSPS) is 15.5. The number of carbonyl (C=O) groups excluding carboxylic acids is 2. The highest BCUT2D eigenvalue weighted by Gasteiger charge is 2.31. The van der Waals surface area contributed by atoms with Gasteiger partial charge >= 0.3 is 6.18 Å². The van der Waals surface area contributed by atoms with E-state index in [0.29, 0.717) is 40.0 Å². The monoisotopic (exact) mass is 564 g/mol. The van der Waals surface area contributed by atoms with E-state index in [2.05, 4.69) is 20.9 Å². The van der Waals surface area contributed by atoms with E-state index >= 15 is 0 Å². The molecule has 3 aromatic rings. The highest BCUT2D eigenvalue weighted by Crippen LogP contribution is 2.38. The van der Waals surface area contributed by atoms with Crippen molar-refractivity contribution in [3.8, 4) is 0 Å². The number of hydrogen-bond acceptors (Lipinski definition) is 5. The van der Waals surface area contributed by atoms with Gasteiger partial charge in [0.05, 0.1) is 11.3 Å². The van der Waals surface area contributed by atoms with E-state index in [1.165, 1.54) is 32.4 Å². The number of ketones is 1. The maximum absolute atomic E-state index is 13.3. The Bertz CT molecular complexity index is 1410. The number of benzene rings is 3. The molecule has 0 bridgehead atoms. The number of rotatable bonds is 9. The van der Waals surface area contributed by atoms with Crippen molar-refractivity contribution >= 4 is 34.4 Å². The molecule has 1 aliphatic carbocycles. The number of halogens is 3. The number of Topliss-reactive ketones (excluding diaryl/α,β-unsaturated/α-hetero) is 1. The van der Waals surface area contributed by atoms with Gasteiger partial charge in [-0.3, -0.25) is 9.59 Å². The number of nitrogens with zero attached hydrogens (tertiary/aromatic N) is 1. The molecule has 1 amide bonds. The molecule has 5 rings (SSSR count). The summed E-state index contributed by atoms with van der Waals surface area (Å²) in [6, 6.07) is 14.3. The van der Waals surface area contributed by atoms with E-state index in [9.17, 15) is 22.8 Å². The number of piperidine rings is 1. The Labute approximate surface area is 238 Å². The first-order chi connectivity index (χ1) is 19.7. The zero-order chi connectivity index (χ0) is 29.0. The summed E-state index contributed by atoms with van der Waals surface area (Å²) in [4.78, 5) is 28.3. The number of amides is 1. The largest absolute Gasteiger partial charge is 0.416 e. The average molecular weight is 565 g/mol. The van der Waals surface area contributed by atoms with Crippen LogP contribution in [0, 0.1) is 6.92 Å². The number of nitrogens with one attached hydrogen (secondary N) is 3. The van der Waals surface area contributed by atoms with Gasteiger partial charge in [-0.25, -0.2) is 0 Å². The molecule has 1 aliphatic heterocycles. The second kappa shape index (κ2) is 12.3. The predicted molar refractivity (Wildman–Crippen MR) is 156 cm³/mol. The Hall–Kier alpha value is -3.85. The average Bonchev–Trinajstić information content (AvgIpc) is 3.34. The third kappa shape index (κ3) is 7.08. The summed E-state index contributed by atoms with van der Waals surface area (Å²) in [5.74, 6) is -0.443. The Kier molecular flexibility index (Phi) is 8.63. The molecule has 1 fully saturated rings. The van der Waals surface area contributed by atoms with Crippen molar-refractivity contribution in [2.24, 2.45) is 0 Å². The van der Waals surface area contributed by atoms with Crippen LogP contribution in [0.4, 0.5) is 35.9 Å². The lowest BCUT2D eigenvalue weighted by Gasteiger charge is -2.26. The minimum atomic E-state index is -4.46. The molecule has 216 valence electrons. The molecule has 6 nitrogen and oxygen atoms in total. The van der Waals surface area contributed by atoms with Crippen molar-refractivity contribution in [1.82, 2.24) is 4.90 Å². The van der Waals surface area contributed by atoms with Gasteiger partial charge in [0.15, 0.2) is 5.78 Å². The van der Waals surface area contributed by atoms with E-state index in [4.69, 9.17) is 0 Å². The van der Waals surface area contributed by atoms with Crippen LogP contribution >= 0.6 is 0 Å². The lowest BCUT2D eigenvalue weighted by Crippen LogP contribution is -2.31. The molecular weight excluding hydrogens is 529 g/mol. The maximum Gasteiger partial charge on any atom is 0.416 e. The van der Waals surface area contributed by atoms with E-state index in [-0.39, 0.29) is 23.8 Å². The molecule has 2 aliphatic rings. The Morgan fingerprint density at radius 1 is 0.902 bits per heavy atom. The lowest BCUT2D eigenvalue weighted by atomic mass is 10.0. The summed E-state index contributed by atoms with van der Waals surface area (Å²) in [6.07, 6.45) is 1.21. The summed E-state index contributed by atoms with van der Waals surface area (Å²) in [6.45, 7) is 5.92. The van der Waals surface area contributed by atoms with Gasteiger partial charge in [-0.1, -0.05) is 6.42 Å². The van der Waals surface area contributed by atoms with Crippen LogP contribution in [0.3, 0.4) is 0 Å². The molecule has 3 N–H and O–H groups in total. The first kappa shape index (κ1) is 28.7. The summed E-state index contributed by atoms with van der Waals surface area (Å²) in [5.41, 5.74) is 3.47. The number of carbonyl (C=O) groups is 2. The molecule has 0 saturated carbocycles. The Morgan fingerprint density at radius 2 is 1.63 bits per heavy atom. The highest BCUT2D eigenvalue weighted by atomic mass is 19.4. The van der Waals surface area contributed by atoms with Crippen LogP contribution in [0.2, 0.25) is 0 Å². The SMILES string of the molecule is Cc1cc(Nc2ccc(NC(=O)c3ccc(NCCCN4CCCCC4)cc3)c3c2CCC3=O)cc(C(F)(F)F)c1. The van der Waals surface area contributed by atoms with Gasteiger partial charge < -0.3 is 20.9 Å². The third-order valence-electron chi connectivity index (χ3n) is 7.70. The summed E-state index contributed by atoms with van der Waals surface area (Å²) >= 11 is 0. The number of likely N-dealkylation sites (tertiary alicyclic amines) is 1. The van der Waals surface area contributed by atoms with Crippen LogP contribution in [-0.4, -0.2) is 42.8 Å². The van der Waals surface area contributed by atoms with Gasteiger partial charge in [0.25, 0.3) is 5.91 Å². The minimum absolute atomic E-state index is 0.108. The Morgan fingerprint density at radius 3 is 2.37 bits per heavy atom. The lowest BCUT2D eigenvalue weighted by molar-refractivity contribution is -0.137. The van der Waals surface area contributed by atoms with Crippen molar-refractivity contribution in [1.29, 1.82) is 0 Å². The zero-order valence-corrected chi connectivity index (χ0v) is 23.2. The molecule has 0 unspecified atom stereocenters. The van der Waals surface area contributed by atoms with Crippen LogP contribution in [0.1, 0.15) is 69.5 Å². The molecular formula is C32H35F3N4O2. The van der Waals surface area contributed by atoms with Gasteiger partial charge in [-0.15, -0.1) is 0 Å². The molecule has 1 heterocycles. The number of anilines is 4. The number of aryl methyl sites for hydroxylation is 1. The first-order valence-corrected chi connectivity index (χ1v) is 14.2. The van der Waals surface area contributed by atoms with Crippen LogP contribution in [-0.2, 0) is 12.6 Å². The van der Waals surface area contributed by atoms with Crippen molar-refractivity contribution in [2.75, 3.05) is 42.1 Å². The van der Waals surface area contributed by atoms with Crippen LogP contribution in [0.5, 0.6) is 0 Å². The van der Waals surface area contributed by atoms with E-state index in [1.54, 1.807) is 37.3 Å². The van der Waals surface area contributed by atoms with Crippen LogP contribution < -0.4 is 16.0 Å². The highest BCUT2D eigenvalue weighted by molar-refractivity contribution is 6.12. The van der Waals surface area contributed by atoms with E-state index in [1.807, 2.05) is 12.1 Å². The Balaban J connectivity index is 1.23. The van der Waals surface area contributed by atoms with Gasteiger partial charge in [-0.05, 0) is 118 Å². The van der Waals surface area contributed by atoms with Gasteiger partial charge in [-0.2, -0.15) is 13.2 Å². The van der Waals surface area contributed by atoms with Gasteiger partial charge in [0.2, 0.25) is 0 Å². The van der Waals surface area contributed by atoms with Crippen LogP contribution in [0.15, 0.2) is 54.6 Å². The molecule has 41 heavy (non-hydrogen) atoms. The summed E-state index contributed by atoms with van der Waals surface area (Å²) < 4.78 is 39.9. The standard InChI is InChI=1S/C32H35F3N4O2/c1-21-18-23(32(33,34)35)20-25(19-21)37-27-11-12-28(30-26(27)10-13-29(30)40)38-31(41)22-6-8-24(9-7-22)36-14-5-17-39-15-3-2-4-16-39/h6-9,11-12,18-20,36-37H,2-5,10,13-17H2,1H3,(H,38,41). The van der Waals surface area contributed by atoms with Crippen molar-refractivity contribution in [3.05, 3.63) is 82.4 Å². The molecule has 0 atom stereocenters. The van der Waals surface area contributed by atoms with Gasteiger partial charge in [0.1, 0.15) is 0 Å². The summed E-state index contributed by atoms with van der Waals surface area (Å²) in [5, 5.41) is 9.33. The topological polar surface area (TPSA) is 73.5 Å². The fraction of sp³-hybridized carbons (Fsp3) is 0.375. The fourth-order valence-corrected chi connectivity index (χ4v) is 5.64. The quantitative estimate of drug-likeness (QED) is 0.236. The number of alkyl halides is 3. The molecule has 3 aromatic carbocycles. The van der Waals surface area contributed by atoms with Crippen molar-refractivity contribution in [3.63, 3.8) is 0 Å². The van der Waals surface area contributed by atoms with E-state index in [0.717, 1.165) is 37.3 Å².